The van der Waals surface area contributed by atoms with Gasteiger partial charge in [0.15, 0.2) is 0 Å². The lowest BCUT2D eigenvalue weighted by Gasteiger charge is -2.29. The Labute approximate surface area is 359 Å². The third-order valence-electron chi connectivity index (χ3n) is 10.7. The number of likely N-dealkylation sites (tertiary alicyclic amines) is 2. The Kier molecular flexibility index (Phi) is 12.9. The minimum absolute atomic E-state index is 0.109. The summed E-state index contributed by atoms with van der Waals surface area (Å²) in [5, 5.41) is 20.7. The highest BCUT2D eigenvalue weighted by Gasteiger charge is 2.44. The van der Waals surface area contributed by atoms with Crippen molar-refractivity contribution in [3.63, 3.8) is 0 Å². The number of hydrogen-bond donors (Lipinski definition) is 2. The van der Waals surface area contributed by atoms with Crippen LogP contribution in [0.1, 0.15) is 69.6 Å². The normalized spacial score (nSPS) is 18.4. The summed E-state index contributed by atoms with van der Waals surface area (Å²) >= 11 is 19.1. The molecular weight excluding hydrogens is 830 g/mol. The van der Waals surface area contributed by atoms with Gasteiger partial charge in [-0.05, 0) is 84.8 Å². The molecule has 0 saturated carbocycles. The maximum atomic E-state index is 14.8. The molecule has 2 aliphatic heterocycles. The Bertz CT molecular complexity index is 2390. The van der Waals surface area contributed by atoms with E-state index in [-0.39, 0.29) is 5.56 Å². The van der Waals surface area contributed by atoms with E-state index in [2.05, 4.69) is 9.97 Å². The molecule has 10 nitrogen and oxygen atoms in total. The molecule has 0 spiro atoms. The predicted molar refractivity (Wildman–Crippen MR) is 226 cm³/mol. The third-order valence-corrected chi connectivity index (χ3v) is 11.7. The number of aromatic nitrogens is 2. The van der Waals surface area contributed by atoms with Crippen LogP contribution in [0, 0.1) is 5.82 Å². The zero-order valence-corrected chi connectivity index (χ0v) is 33.9. The summed E-state index contributed by atoms with van der Waals surface area (Å²) in [4.78, 5) is 61.1. The van der Waals surface area contributed by atoms with Crippen molar-refractivity contribution in [2.45, 2.75) is 49.9 Å². The predicted octanol–water partition coefficient (Wildman–Crippen LogP) is 10.5. The summed E-state index contributed by atoms with van der Waals surface area (Å²) in [6, 6.07) is 31.3. The van der Waals surface area contributed by atoms with Crippen LogP contribution in [0.5, 0.6) is 0 Å². The molecule has 2 fully saturated rings. The van der Waals surface area contributed by atoms with Crippen LogP contribution in [0.4, 0.5) is 4.39 Å². The molecule has 5 aromatic carbocycles. The van der Waals surface area contributed by atoms with Gasteiger partial charge in [-0.25, -0.2) is 23.9 Å². The maximum Gasteiger partial charge on any atom is 0.326 e. The highest BCUT2D eigenvalue weighted by Crippen LogP contribution is 2.42. The van der Waals surface area contributed by atoms with Gasteiger partial charge in [-0.3, -0.25) is 9.59 Å². The molecule has 2 aliphatic rings. The van der Waals surface area contributed by atoms with E-state index in [1.807, 2.05) is 30.3 Å². The first kappa shape index (κ1) is 42.0. The van der Waals surface area contributed by atoms with E-state index < -0.39 is 53.7 Å². The van der Waals surface area contributed by atoms with E-state index >= 15 is 0 Å². The SMILES string of the molecule is O=C(O)[C@@H]1CC[C@H](c2ccccc2Cl)N1C(=O)c1ccc(-c2ccccc2)c(F)c1.O=C(O)[C@@H]1CC[C@H](c2ccccc2Cl)N1C(=O)c1ccc(-c2ccncn2)c(Cl)c1. The van der Waals surface area contributed by atoms with Gasteiger partial charge in [-0.2, -0.15) is 0 Å². The van der Waals surface area contributed by atoms with Gasteiger partial charge in [0, 0.05) is 38.5 Å². The number of halogens is 4. The monoisotopic (exact) mass is 864 g/mol. The van der Waals surface area contributed by atoms with Crippen molar-refractivity contribution in [1.82, 2.24) is 19.8 Å². The molecule has 0 radical (unpaired) electrons. The van der Waals surface area contributed by atoms with Gasteiger partial charge in [0.1, 0.15) is 24.2 Å². The zero-order chi connectivity index (χ0) is 42.5. The first-order valence-electron chi connectivity index (χ1n) is 18.9. The van der Waals surface area contributed by atoms with Crippen LogP contribution < -0.4 is 0 Å². The first-order valence-corrected chi connectivity index (χ1v) is 20.1. The average molecular weight is 866 g/mol. The lowest BCUT2D eigenvalue weighted by atomic mass is 10.0. The Hall–Kier alpha value is -6.14. The standard InChI is InChI=1S/C24H19ClFNO3.C22H17Cl2N3O3/c25-19-9-5-4-8-18(19)21-12-13-22(24(29)30)27(21)23(28)16-10-11-17(20(26)14-16)15-6-2-1-3-7-15;23-16-4-2-1-3-15(16)19-7-8-20(22(29)30)27(19)21(28)13-5-6-14(17(24)11-13)18-9-10-25-12-26-18/h1-11,14,21-22H,12-13H2,(H,29,30);1-6,9-12,19-20H,7-8H2,(H,29,30)/t21-,22+;19-,20+/m11/s1. The van der Waals surface area contributed by atoms with Crippen molar-refractivity contribution in [1.29, 1.82) is 0 Å². The van der Waals surface area contributed by atoms with Gasteiger partial charge >= 0.3 is 11.9 Å². The molecule has 14 heteroatoms. The van der Waals surface area contributed by atoms with Crippen molar-refractivity contribution in [2.75, 3.05) is 0 Å². The molecule has 2 saturated heterocycles. The lowest BCUT2D eigenvalue weighted by Crippen LogP contribution is -2.42. The Morgan fingerprint density at radius 1 is 0.583 bits per heavy atom. The van der Waals surface area contributed by atoms with Crippen molar-refractivity contribution < 1.29 is 33.8 Å². The number of rotatable bonds is 8. The summed E-state index contributed by atoms with van der Waals surface area (Å²) in [5.74, 6) is -3.59. The van der Waals surface area contributed by atoms with Gasteiger partial charge in [0.2, 0.25) is 0 Å². The highest BCUT2D eigenvalue weighted by atomic mass is 35.5. The smallest absolute Gasteiger partial charge is 0.326 e. The Morgan fingerprint density at radius 3 is 1.55 bits per heavy atom. The minimum Gasteiger partial charge on any atom is -0.480 e. The number of aliphatic carboxylic acids is 2. The van der Waals surface area contributed by atoms with Crippen molar-refractivity contribution in [2.24, 2.45) is 0 Å². The van der Waals surface area contributed by atoms with Crippen molar-refractivity contribution in [3.05, 3.63) is 177 Å². The second-order valence-electron chi connectivity index (χ2n) is 14.2. The fourth-order valence-electron chi connectivity index (χ4n) is 7.88. The molecule has 0 aliphatic carbocycles. The molecule has 4 atom stereocenters. The van der Waals surface area contributed by atoms with Crippen LogP contribution in [0.15, 0.2) is 134 Å². The Balaban J connectivity index is 0.000000181. The lowest BCUT2D eigenvalue weighted by molar-refractivity contribution is -0.142. The van der Waals surface area contributed by atoms with Crippen LogP contribution in [-0.2, 0) is 9.59 Å². The quantitative estimate of drug-likeness (QED) is 0.154. The number of carbonyl (C=O) groups excluding carboxylic acids is 2. The summed E-state index contributed by atoms with van der Waals surface area (Å²) in [5.41, 5.74) is 4.22. The molecule has 2 amide bonds. The van der Waals surface area contributed by atoms with Crippen LogP contribution in [0.25, 0.3) is 22.4 Å². The van der Waals surface area contributed by atoms with Crippen LogP contribution >= 0.6 is 34.8 Å². The molecular formula is C46H36Cl3FN4O6. The van der Waals surface area contributed by atoms with E-state index in [0.717, 1.165) is 5.56 Å². The third kappa shape index (κ3) is 8.74. The summed E-state index contributed by atoms with van der Waals surface area (Å²) < 4.78 is 14.8. The van der Waals surface area contributed by atoms with Gasteiger partial charge in [-0.1, -0.05) is 114 Å². The fraction of sp³-hybridized carbons (Fsp3) is 0.174. The molecule has 0 bridgehead atoms. The molecule has 3 heterocycles. The van der Waals surface area contributed by atoms with E-state index in [1.165, 1.54) is 28.3 Å². The number of carboxylic acid groups (broad SMARTS) is 2. The van der Waals surface area contributed by atoms with Crippen molar-refractivity contribution in [3.8, 4) is 22.4 Å². The number of nitrogens with zero attached hydrogens (tertiary/aromatic N) is 4. The van der Waals surface area contributed by atoms with Crippen LogP contribution in [0.3, 0.4) is 0 Å². The summed E-state index contributed by atoms with van der Waals surface area (Å²) in [6.07, 6.45) is 4.66. The Morgan fingerprint density at radius 2 is 1.08 bits per heavy atom. The zero-order valence-electron chi connectivity index (χ0n) is 31.7. The topological polar surface area (TPSA) is 141 Å². The second kappa shape index (κ2) is 18.4. The highest BCUT2D eigenvalue weighted by molar-refractivity contribution is 6.33. The minimum atomic E-state index is -1.08. The van der Waals surface area contributed by atoms with Gasteiger partial charge in [-0.15, -0.1) is 0 Å². The molecule has 1 aromatic heterocycles. The van der Waals surface area contributed by atoms with Crippen LogP contribution in [0.2, 0.25) is 15.1 Å². The molecule has 2 N–H and O–H groups in total. The van der Waals surface area contributed by atoms with E-state index in [9.17, 15) is 33.8 Å². The molecule has 304 valence electrons. The van der Waals surface area contributed by atoms with Gasteiger partial charge in [0.25, 0.3) is 11.8 Å². The van der Waals surface area contributed by atoms with E-state index in [1.54, 1.807) is 85.1 Å². The first-order chi connectivity index (χ1) is 28.9. The number of carbonyl (C=O) groups is 4. The number of hydrogen-bond acceptors (Lipinski definition) is 6. The van der Waals surface area contributed by atoms with Crippen molar-refractivity contribution >= 4 is 58.6 Å². The maximum absolute atomic E-state index is 14.8. The number of amides is 2. The number of carboxylic acids is 2. The van der Waals surface area contributed by atoms with Crippen LogP contribution in [-0.4, -0.2) is 65.8 Å². The fourth-order valence-corrected chi connectivity index (χ4v) is 8.68. The molecule has 0 unspecified atom stereocenters. The van der Waals surface area contributed by atoms with E-state index in [4.69, 9.17) is 34.8 Å². The number of benzene rings is 5. The summed E-state index contributed by atoms with van der Waals surface area (Å²) in [6.45, 7) is 0. The van der Waals surface area contributed by atoms with Gasteiger partial charge in [0.05, 0.1) is 22.8 Å². The molecule has 6 aromatic rings. The second-order valence-corrected chi connectivity index (χ2v) is 15.4. The average Bonchev–Trinajstić information content (AvgIpc) is 3.91. The largest absolute Gasteiger partial charge is 0.480 e. The summed E-state index contributed by atoms with van der Waals surface area (Å²) in [7, 11) is 0. The molecule has 60 heavy (non-hydrogen) atoms. The molecule has 8 rings (SSSR count). The van der Waals surface area contributed by atoms with Gasteiger partial charge < -0.3 is 20.0 Å². The van der Waals surface area contributed by atoms with E-state index in [0.29, 0.717) is 74.3 Å².